The Morgan fingerprint density at radius 3 is 2.60 bits per heavy atom. The van der Waals surface area contributed by atoms with Crippen LogP contribution in [0.4, 0.5) is 11.4 Å². The van der Waals surface area contributed by atoms with Gasteiger partial charge in [-0.3, -0.25) is 0 Å². The molecule has 0 aliphatic carbocycles. The third-order valence-corrected chi connectivity index (χ3v) is 4.02. The Hall–Kier alpha value is -2.65. The van der Waals surface area contributed by atoms with Crippen LogP contribution in [-0.2, 0) is 9.37 Å². The first-order valence-electron chi connectivity index (χ1n) is 7.29. The molecule has 0 bridgehead atoms. The topological polar surface area (TPSA) is 106 Å². The molecule has 130 valence electrons. The molecule has 3 aromatic rings. The summed E-state index contributed by atoms with van der Waals surface area (Å²) in [4.78, 5) is 0.578. The highest BCUT2D eigenvalue weighted by Gasteiger charge is 2.06. The molecule has 7 nitrogen and oxygen atoms in total. The minimum Gasteiger partial charge on any atom is -0.507 e. The van der Waals surface area contributed by atoms with Crippen LogP contribution >= 0.6 is 12.0 Å². The molecule has 3 rings (SSSR count). The standard InChI is InChI=1S/C17H16N2O5S/c18-12-1-4-14(5-2-12)22-10-19-13-3-6-16-11(7-13)8-15(9-17(16)20)25-24-23-21/h1-9,19-21H,10,18H2. The zero-order valence-electron chi connectivity index (χ0n) is 13.0. The summed E-state index contributed by atoms with van der Waals surface area (Å²) in [5, 5.41) is 26.5. The lowest BCUT2D eigenvalue weighted by Gasteiger charge is -2.11. The van der Waals surface area contributed by atoms with Crippen molar-refractivity contribution in [3.8, 4) is 11.5 Å². The first-order chi connectivity index (χ1) is 12.2. The van der Waals surface area contributed by atoms with Gasteiger partial charge in [-0.25, -0.2) is 5.26 Å². The quantitative estimate of drug-likeness (QED) is 0.165. The predicted molar refractivity (Wildman–Crippen MR) is 96.2 cm³/mol. The lowest BCUT2D eigenvalue weighted by molar-refractivity contribution is -0.432. The number of nitrogens with one attached hydrogen (secondary N) is 1. The molecule has 0 heterocycles. The van der Waals surface area contributed by atoms with Gasteiger partial charge in [0.1, 0.15) is 11.5 Å². The Labute approximate surface area is 148 Å². The van der Waals surface area contributed by atoms with E-state index in [1.165, 1.54) is 6.07 Å². The van der Waals surface area contributed by atoms with Crippen molar-refractivity contribution in [2.24, 2.45) is 0 Å². The summed E-state index contributed by atoms with van der Waals surface area (Å²) in [6, 6.07) is 15.9. The van der Waals surface area contributed by atoms with E-state index in [2.05, 4.69) is 14.7 Å². The number of hydrogen-bond donors (Lipinski definition) is 4. The fourth-order valence-electron chi connectivity index (χ4n) is 2.30. The third-order valence-electron chi connectivity index (χ3n) is 3.46. The summed E-state index contributed by atoms with van der Waals surface area (Å²) in [5.41, 5.74) is 7.13. The van der Waals surface area contributed by atoms with E-state index in [4.69, 9.17) is 15.7 Å². The van der Waals surface area contributed by atoms with Gasteiger partial charge >= 0.3 is 0 Å². The number of nitrogens with two attached hydrogens (primary N) is 1. The fraction of sp³-hybridized carbons (Fsp3) is 0.0588. The Kier molecular flexibility index (Phi) is 5.46. The van der Waals surface area contributed by atoms with Gasteiger partial charge in [-0.2, -0.15) is 0 Å². The van der Waals surface area contributed by atoms with Crippen molar-refractivity contribution in [1.82, 2.24) is 0 Å². The van der Waals surface area contributed by atoms with E-state index in [0.717, 1.165) is 23.1 Å². The van der Waals surface area contributed by atoms with Crippen molar-refractivity contribution in [2.45, 2.75) is 4.90 Å². The van der Waals surface area contributed by atoms with Crippen LogP contribution in [0.3, 0.4) is 0 Å². The second kappa shape index (κ2) is 7.95. The van der Waals surface area contributed by atoms with Crippen LogP contribution in [-0.4, -0.2) is 17.1 Å². The molecule has 8 heteroatoms. The number of benzene rings is 3. The molecule has 0 amide bonds. The molecule has 0 unspecified atom stereocenters. The van der Waals surface area contributed by atoms with E-state index in [0.29, 0.717) is 21.7 Å². The fourth-order valence-corrected chi connectivity index (χ4v) is 2.75. The lowest BCUT2D eigenvalue weighted by Crippen LogP contribution is -2.08. The van der Waals surface area contributed by atoms with Crippen LogP contribution in [0, 0.1) is 0 Å². The molecule has 0 saturated carbocycles. The van der Waals surface area contributed by atoms with Crippen molar-refractivity contribution in [3.63, 3.8) is 0 Å². The van der Waals surface area contributed by atoms with E-state index >= 15 is 0 Å². The molecule has 0 fully saturated rings. The number of phenolic OH excluding ortho intramolecular Hbond substituents is 1. The molecular weight excluding hydrogens is 344 g/mol. The third kappa shape index (κ3) is 4.46. The maximum absolute atomic E-state index is 10.1. The molecule has 25 heavy (non-hydrogen) atoms. The normalized spacial score (nSPS) is 10.8. The molecule has 3 aromatic carbocycles. The number of anilines is 2. The molecule has 0 radical (unpaired) electrons. The van der Waals surface area contributed by atoms with Crippen LogP contribution in [0.5, 0.6) is 11.5 Å². The largest absolute Gasteiger partial charge is 0.507 e. The number of ether oxygens (including phenoxy) is 1. The summed E-state index contributed by atoms with van der Waals surface area (Å²) >= 11 is 0.784. The molecule has 0 atom stereocenters. The van der Waals surface area contributed by atoms with Gasteiger partial charge in [0, 0.05) is 21.7 Å². The average molecular weight is 360 g/mol. The molecular formula is C17H16N2O5S. The minimum absolute atomic E-state index is 0.103. The van der Waals surface area contributed by atoms with Gasteiger partial charge in [-0.1, -0.05) is 5.04 Å². The predicted octanol–water partition coefficient (Wildman–Crippen LogP) is 4.00. The second-order valence-electron chi connectivity index (χ2n) is 5.14. The van der Waals surface area contributed by atoms with Crippen LogP contribution in [0.2, 0.25) is 0 Å². The highest BCUT2D eigenvalue weighted by Crippen LogP contribution is 2.33. The first kappa shape index (κ1) is 17.2. The molecule has 0 spiro atoms. The van der Waals surface area contributed by atoms with Gasteiger partial charge in [0.25, 0.3) is 0 Å². The van der Waals surface area contributed by atoms with Crippen molar-refractivity contribution >= 4 is 34.2 Å². The number of phenols is 1. The van der Waals surface area contributed by atoms with E-state index in [9.17, 15) is 5.11 Å². The zero-order chi connectivity index (χ0) is 17.6. The van der Waals surface area contributed by atoms with Gasteiger partial charge in [0.05, 0.1) is 12.0 Å². The van der Waals surface area contributed by atoms with Crippen molar-refractivity contribution in [3.05, 3.63) is 54.6 Å². The van der Waals surface area contributed by atoms with Crippen LogP contribution in [0.25, 0.3) is 10.8 Å². The average Bonchev–Trinajstić information content (AvgIpc) is 2.61. The summed E-state index contributed by atoms with van der Waals surface area (Å²) in [7, 11) is 0. The monoisotopic (exact) mass is 360 g/mol. The molecule has 0 aliphatic rings. The van der Waals surface area contributed by atoms with Gasteiger partial charge in [-0.15, -0.1) is 4.33 Å². The summed E-state index contributed by atoms with van der Waals surface area (Å²) < 4.78 is 9.99. The summed E-state index contributed by atoms with van der Waals surface area (Å²) in [6.45, 7) is 0.275. The van der Waals surface area contributed by atoms with Crippen molar-refractivity contribution in [2.75, 3.05) is 17.8 Å². The maximum atomic E-state index is 10.1. The van der Waals surface area contributed by atoms with E-state index in [-0.39, 0.29) is 12.5 Å². The van der Waals surface area contributed by atoms with E-state index < -0.39 is 0 Å². The maximum Gasteiger partial charge on any atom is 0.159 e. The second-order valence-corrected chi connectivity index (χ2v) is 5.91. The molecule has 5 N–H and O–H groups in total. The summed E-state index contributed by atoms with van der Waals surface area (Å²) in [6.07, 6.45) is 0. The van der Waals surface area contributed by atoms with Gasteiger partial charge in [0.15, 0.2) is 6.73 Å². The Balaban J connectivity index is 1.70. The van der Waals surface area contributed by atoms with Crippen LogP contribution < -0.4 is 15.8 Å². The Morgan fingerprint density at radius 2 is 1.84 bits per heavy atom. The lowest BCUT2D eigenvalue weighted by atomic mass is 10.1. The van der Waals surface area contributed by atoms with Gasteiger partial charge in [-0.05, 0) is 60.0 Å². The Morgan fingerprint density at radius 1 is 1.04 bits per heavy atom. The Bertz CT molecular complexity index is 858. The molecule has 0 aromatic heterocycles. The minimum atomic E-state index is 0.103. The number of hydrogen-bond acceptors (Lipinski definition) is 8. The zero-order valence-corrected chi connectivity index (χ0v) is 13.8. The van der Waals surface area contributed by atoms with E-state index in [1.807, 2.05) is 12.1 Å². The molecule has 0 aliphatic heterocycles. The number of rotatable bonds is 7. The van der Waals surface area contributed by atoms with Gasteiger partial charge < -0.3 is 20.9 Å². The number of aromatic hydroxyl groups is 1. The summed E-state index contributed by atoms with van der Waals surface area (Å²) in [5.74, 6) is 0.811. The van der Waals surface area contributed by atoms with Crippen molar-refractivity contribution < 1.29 is 24.5 Å². The first-order valence-corrected chi connectivity index (χ1v) is 8.03. The van der Waals surface area contributed by atoms with Gasteiger partial charge in [0.2, 0.25) is 0 Å². The van der Waals surface area contributed by atoms with Crippen molar-refractivity contribution in [1.29, 1.82) is 0 Å². The number of fused-ring (bicyclic) bond motifs is 1. The van der Waals surface area contributed by atoms with Crippen LogP contribution in [0.15, 0.2) is 59.5 Å². The smallest absolute Gasteiger partial charge is 0.159 e. The highest BCUT2D eigenvalue weighted by atomic mass is 32.2. The SMILES string of the molecule is Nc1ccc(OCNc2ccc3c(O)cc(SOOO)cc3c2)cc1. The highest BCUT2D eigenvalue weighted by molar-refractivity contribution is 7.94. The van der Waals surface area contributed by atoms with Crippen LogP contribution in [0.1, 0.15) is 0 Å². The number of nitrogen functional groups attached to an aromatic ring is 1. The van der Waals surface area contributed by atoms with E-state index in [1.54, 1.807) is 36.4 Å². The molecule has 0 saturated heterocycles.